The van der Waals surface area contributed by atoms with E-state index in [0.717, 1.165) is 10.0 Å². The lowest BCUT2D eigenvalue weighted by molar-refractivity contribution is 0.0987. The Morgan fingerprint density at radius 2 is 2.17 bits per heavy atom. The van der Waals surface area contributed by atoms with Crippen LogP contribution in [0.1, 0.15) is 21.6 Å². The molecular weight excluding hydrogens is 297 g/mol. The number of aryl methyl sites for hydroxylation is 1. The van der Waals surface area contributed by atoms with Gasteiger partial charge in [-0.25, -0.2) is 4.39 Å². The lowest BCUT2D eigenvalue weighted by Crippen LogP contribution is -2.08. The molecule has 0 aliphatic carbocycles. The van der Waals surface area contributed by atoms with Crippen molar-refractivity contribution in [1.82, 2.24) is 4.98 Å². The first-order valence-corrected chi connectivity index (χ1v) is 6.26. The third kappa shape index (κ3) is 2.82. The maximum Gasteiger partial charge on any atom is 0.185 e. The predicted molar refractivity (Wildman–Crippen MR) is 71.1 cm³/mol. The fourth-order valence-corrected chi connectivity index (χ4v) is 2.10. The summed E-state index contributed by atoms with van der Waals surface area (Å²) in [4.78, 5) is 16.2. The first-order chi connectivity index (χ1) is 8.58. The van der Waals surface area contributed by atoms with E-state index in [9.17, 15) is 9.18 Å². The van der Waals surface area contributed by atoms with Crippen LogP contribution in [0.2, 0.25) is 0 Å². The summed E-state index contributed by atoms with van der Waals surface area (Å²) in [6, 6.07) is 7.93. The third-order valence-corrected chi connectivity index (χ3v) is 3.41. The number of pyridine rings is 1. The van der Waals surface area contributed by atoms with Crippen molar-refractivity contribution >= 4 is 21.7 Å². The zero-order valence-electron chi connectivity index (χ0n) is 9.78. The number of ketones is 1. The highest BCUT2D eigenvalue weighted by atomic mass is 79.9. The normalized spacial score (nSPS) is 10.4. The molecule has 0 radical (unpaired) electrons. The summed E-state index contributed by atoms with van der Waals surface area (Å²) in [5.74, 6) is -0.460. The molecule has 0 saturated heterocycles. The average molecular weight is 308 g/mol. The topological polar surface area (TPSA) is 30.0 Å². The number of halogens is 2. The molecule has 0 spiro atoms. The summed E-state index contributed by atoms with van der Waals surface area (Å²) in [5, 5.41) is 0. The van der Waals surface area contributed by atoms with Gasteiger partial charge in [0.05, 0.1) is 0 Å². The van der Waals surface area contributed by atoms with Crippen LogP contribution in [0.15, 0.2) is 41.0 Å². The predicted octanol–water partition coefficient (Wildman–Crippen LogP) is 3.72. The first-order valence-electron chi connectivity index (χ1n) is 5.46. The highest BCUT2D eigenvalue weighted by Crippen LogP contribution is 2.20. The lowest BCUT2D eigenvalue weighted by Gasteiger charge is -2.05. The fourth-order valence-electron chi connectivity index (χ4n) is 1.71. The lowest BCUT2D eigenvalue weighted by atomic mass is 10.0. The van der Waals surface area contributed by atoms with Gasteiger partial charge in [-0.15, -0.1) is 0 Å². The van der Waals surface area contributed by atoms with Gasteiger partial charge in [-0.3, -0.25) is 9.78 Å². The van der Waals surface area contributed by atoms with Gasteiger partial charge in [-0.05, 0) is 42.3 Å². The van der Waals surface area contributed by atoms with Crippen LogP contribution in [-0.4, -0.2) is 10.8 Å². The molecule has 1 aromatic carbocycles. The Balaban J connectivity index is 2.27. The third-order valence-electron chi connectivity index (χ3n) is 2.63. The van der Waals surface area contributed by atoms with Crippen LogP contribution in [0.3, 0.4) is 0 Å². The number of carbonyl (C=O) groups is 1. The van der Waals surface area contributed by atoms with Crippen molar-refractivity contribution < 1.29 is 9.18 Å². The molecule has 1 aromatic heterocycles. The average Bonchev–Trinajstić information content (AvgIpc) is 2.34. The molecule has 0 saturated carbocycles. The Hall–Kier alpha value is -1.55. The molecule has 0 fully saturated rings. The quantitative estimate of drug-likeness (QED) is 0.809. The summed E-state index contributed by atoms with van der Waals surface area (Å²) < 4.78 is 13.9. The molecule has 0 bridgehead atoms. The van der Waals surface area contributed by atoms with Crippen LogP contribution in [-0.2, 0) is 6.42 Å². The van der Waals surface area contributed by atoms with Gasteiger partial charge >= 0.3 is 0 Å². The van der Waals surface area contributed by atoms with E-state index in [1.807, 2.05) is 13.0 Å². The molecule has 2 rings (SSSR count). The summed E-state index contributed by atoms with van der Waals surface area (Å²) in [7, 11) is 0. The Morgan fingerprint density at radius 1 is 1.39 bits per heavy atom. The van der Waals surface area contributed by atoms with E-state index in [1.54, 1.807) is 18.3 Å². The standard InChI is InChI=1S/C14H11BrFNO/c1-9-3-2-6-17-14(9)13(18)8-10-7-11(16)4-5-12(10)15/h2-7H,8H2,1H3. The molecule has 0 N–H and O–H groups in total. The molecule has 0 amide bonds. The van der Waals surface area contributed by atoms with Crippen LogP contribution in [0, 0.1) is 12.7 Å². The van der Waals surface area contributed by atoms with Gasteiger partial charge in [0.2, 0.25) is 0 Å². The monoisotopic (exact) mass is 307 g/mol. The summed E-state index contributed by atoms with van der Waals surface area (Å²) in [5.41, 5.74) is 1.90. The number of nitrogens with zero attached hydrogens (tertiary/aromatic N) is 1. The van der Waals surface area contributed by atoms with Crippen LogP contribution in [0.25, 0.3) is 0 Å². The summed E-state index contributed by atoms with van der Waals surface area (Å²) in [6.07, 6.45) is 1.72. The van der Waals surface area contributed by atoms with Crippen molar-refractivity contribution in [3.63, 3.8) is 0 Å². The van der Waals surface area contributed by atoms with E-state index >= 15 is 0 Å². The summed E-state index contributed by atoms with van der Waals surface area (Å²) in [6.45, 7) is 1.83. The number of Topliss-reactive ketones (excluding diaryl/α,β-unsaturated/α-hetero) is 1. The molecule has 0 unspecified atom stereocenters. The molecule has 0 atom stereocenters. The molecule has 92 valence electrons. The van der Waals surface area contributed by atoms with E-state index in [2.05, 4.69) is 20.9 Å². The number of benzene rings is 1. The molecule has 2 aromatic rings. The van der Waals surface area contributed by atoms with E-state index < -0.39 is 0 Å². The zero-order chi connectivity index (χ0) is 13.1. The van der Waals surface area contributed by atoms with Crippen LogP contribution in [0.5, 0.6) is 0 Å². The van der Waals surface area contributed by atoms with Gasteiger partial charge in [0.1, 0.15) is 11.5 Å². The van der Waals surface area contributed by atoms with Crippen molar-refractivity contribution in [2.45, 2.75) is 13.3 Å². The molecule has 1 heterocycles. The molecule has 0 aliphatic rings. The Kier molecular flexibility index (Phi) is 3.87. The number of rotatable bonds is 3. The second kappa shape index (κ2) is 5.40. The summed E-state index contributed by atoms with van der Waals surface area (Å²) >= 11 is 3.31. The number of hydrogen-bond acceptors (Lipinski definition) is 2. The fraction of sp³-hybridized carbons (Fsp3) is 0.143. The van der Waals surface area contributed by atoms with Gasteiger partial charge in [0.15, 0.2) is 5.78 Å². The van der Waals surface area contributed by atoms with Crippen LogP contribution in [0.4, 0.5) is 4.39 Å². The minimum atomic E-state index is -0.348. The van der Waals surface area contributed by atoms with Gasteiger partial charge in [0.25, 0.3) is 0 Å². The largest absolute Gasteiger partial charge is 0.292 e. The highest BCUT2D eigenvalue weighted by molar-refractivity contribution is 9.10. The second-order valence-electron chi connectivity index (χ2n) is 4.00. The van der Waals surface area contributed by atoms with Gasteiger partial charge < -0.3 is 0 Å². The maximum atomic E-state index is 13.1. The van der Waals surface area contributed by atoms with Crippen molar-refractivity contribution in [2.24, 2.45) is 0 Å². The van der Waals surface area contributed by atoms with Crippen LogP contribution >= 0.6 is 15.9 Å². The van der Waals surface area contributed by atoms with Gasteiger partial charge in [0, 0.05) is 17.1 Å². The number of hydrogen-bond donors (Lipinski definition) is 0. The smallest absolute Gasteiger partial charge is 0.185 e. The second-order valence-corrected chi connectivity index (χ2v) is 4.86. The molecule has 18 heavy (non-hydrogen) atoms. The van der Waals surface area contributed by atoms with Crippen molar-refractivity contribution in [2.75, 3.05) is 0 Å². The maximum absolute atomic E-state index is 13.1. The van der Waals surface area contributed by atoms with E-state index in [-0.39, 0.29) is 18.0 Å². The Morgan fingerprint density at radius 3 is 2.89 bits per heavy atom. The van der Waals surface area contributed by atoms with E-state index in [1.165, 1.54) is 12.1 Å². The Bertz CT molecular complexity index is 598. The van der Waals surface area contributed by atoms with Crippen LogP contribution < -0.4 is 0 Å². The van der Waals surface area contributed by atoms with Crippen molar-refractivity contribution in [3.05, 3.63) is 63.6 Å². The van der Waals surface area contributed by atoms with Gasteiger partial charge in [-0.1, -0.05) is 22.0 Å². The number of aromatic nitrogens is 1. The first kappa shape index (κ1) is 12.9. The van der Waals surface area contributed by atoms with Crippen molar-refractivity contribution in [3.8, 4) is 0 Å². The molecule has 2 nitrogen and oxygen atoms in total. The zero-order valence-corrected chi connectivity index (χ0v) is 11.4. The van der Waals surface area contributed by atoms with Gasteiger partial charge in [-0.2, -0.15) is 0 Å². The minimum Gasteiger partial charge on any atom is -0.292 e. The molecular formula is C14H11BrFNO. The minimum absolute atomic E-state index is 0.112. The van der Waals surface area contributed by atoms with E-state index in [0.29, 0.717) is 11.3 Å². The molecule has 4 heteroatoms. The SMILES string of the molecule is Cc1cccnc1C(=O)Cc1cc(F)ccc1Br. The number of carbonyl (C=O) groups excluding carboxylic acids is 1. The highest BCUT2D eigenvalue weighted by Gasteiger charge is 2.13. The van der Waals surface area contributed by atoms with Crippen molar-refractivity contribution in [1.29, 1.82) is 0 Å². The molecule has 0 aliphatic heterocycles. The Labute approximate surface area is 113 Å². The van der Waals surface area contributed by atoms with E-state index in [4.69, 9.17) is 0 Å².